The molecule has 0 N–H and O–H groups in total. The number of nitrogens with zero attached hydrogens (tertiary/aromatic N) is 3. The van der Waals surface area contributed by atoms with Crippen molar-refractivity contribution in [2.24, 2.45) is 9.98 Å². The molecule has 0 radical (unpaired) electrons. The van der Waals surface area contributed by atoms with Crippen molar-refractivity contribution in [2.45, 2.75) is 32.9 Å². The molecule has 1 aromatic heterocycles. The second-order valence-corrected chi connectivity index (χ2v) is 4.73. The highest BCUT2D eigenvalue weighted by molar-refractivity contribution is 5.96. The van der Waals surface area contributed by atoms with Gasteiger partial charge in [-0.05, 0) is 32.9 Å². The normalized spacial score (nSPS) is 19.3. The first kappa shape index (κ1) is 13.5. The fourth-order valence-electron chi connectivity index (χ4n) is 1.75. The molecule has 5 nitrogen and oxygen atoms in total. The molecule has 2 rings (SSSR count). The Labute approximate surface area is 113 Å². The third-order valence-corrected chi connectivity index (χ3v) is 2.56. The number of hydrogen-bond acceptors (Lipinski definition) is 5. The van der Waals surface area contributed by atoms with E-state index in [1.54, 1.807) is 7.11 Å². The molecule has 0 bridgehead atoms. The Hall–Kier alpha value is -1.91. The van der Waals surface area contributed by atoms with Crippen LogP contribution in [0.5, 0.6) is 0 Å². The summed E-state index contributed by atoms with van der Waals surface area (Å²) in [4.78, 5) is 13.3. The Balaban J connectivity index is 2.31. The van der Waals surface area contributed by atoms with Gasteiger partial charge in [-0.1, -0.05) is 6.07 Å². The lowest BCUT2D eigenvalue weighted by Crippen LogP contribution is -2.12. The zero-order chi connectivity index (χ0) is 13.8. The van der Waals surface area contributed by atoms with Crippen LogP contribution in [0.1, 0.15) is 32.2 Å². The lowest BCUT2D eigenvalue weighted by atomic mass is 10.3. The van der Waals surface area contributed by atoms with E-state index in [0.29, 0.717) is 24.1 Å². The van der Waals surface area contributed by atoms with Crippen LogP contribution >= 0.6 is 0 Å². The van der Waals surface area contributed by atoms with Crippen molar-refractivity contribution in [1.29, 1.82) is 0 Å². The van der Waals surface area contributed by atoms with Crippen molar-refractivity contribution in [3.63, 3.8) is 0 Å². The summed E-state index contributed by atoms with van der Waals surface area (Å²) in [5, 5.41) is 0. The molecule has 0 saturated heterocycles. The lowest BCUT2D eigenvalue weighted by Gasteiger charge is -2.08. The zero-order valence-corrected chi connectivity index (χ0v) is 11.8. The molecule has 2 heterocycles. The molecule has 1 unspecified atom stereocenters. The summed E-state index contributed by atoms with van der Waals surface area (Å²) in [7, 11) is 1.60. The fourth-order valence-corrected chi connectivity index (χ4v) is 1.75. The molecule has 0 amide bonds. The zero-order valence-electron chi connectivity index (χ0n) is 11.8. The standard InChI is InChI=1S/C14H19N3O2/c1-9(2)15-13(18-4)11-6-5-7-12(17-11)14-16-10(3)8-19-14/h5-7,9-10H,8H2,1-4H3. The summed E-state index contributed by atoms with van der Waals surface area (Å²) in [6, 6.07) is 5.99. The minimum absolute atomic E-state index is 0.153. The number of rotatable bonds is 3. The van der Waals surface area contributed by atoms with Crippen LogP contribution in [0.3, 0.4) is 0 Å². The molecule has 0 aliphatic carbocycles. The second kappa shape index (κ2) is 5.82. The first-order valence-corrected chi connectivity index (χ1v) is 6.40. The van der Waals surface area contributed by atoms with E-state index in [4.69, 9.17) is 9.47 Å². The Morgan fingerprint density at radius 1 is 1.47 bits per heavy atom. The number of pyridine rings is 1. The van der Waals surface area contributed by atoms with Crippen molar-refractivity contribution in [3.8, 4) is 0 Å². The number of ether oxygens (including phenoxy) is 2. The van der Waals surface area contributed by atoms with Crippen LogP contribution in [-0.2, 0) is 9.47 Å². The van der Waals surface area contributed by atoms with Gasteiger partial charge in [0.25, 0.3) is 0 Å². The Morgan fingerprint density at radius 2 is 2.26 bits per heavy atom. The minimum Gasteiger partial charge on any atom is -0.480 e. The summed E-state index contributed by atoms with van der Waals surface area (Å²) in [6.07, 6.45) is 0. The lowest BCUT2D eigenvalue weighted by molar-refractivity contribution is 0.323. The number of hydrogen-bond donors (Lipinski definition) is 0. The summed E-state index contributed by atoms with van der Waals surface area (Å²) in [5.41, 5.74) is 1.41. The second-order valence-electron chi connectivity index (χ2n) is 4.73. The molecule has 0 saturated carbocycles. The number of aliphatic imine (C=N–C) groups is 2. The van der Waals surface area contributed by atoms with E-state index < -0.39 is 0 Å². The van der Waals surface area contributed by atoms with Crippen molar-refractivity contribution >= 4 is 11.8 Å². The first-order valence-electron chi connectivity index (χ1n) is 6.40. The van der Waals surface area contributed by atoms with E-state index in [1.165, 1.54) is 0 Å². The molecule has 0 spiro atoms. The monoisotopic (exact) mass is 261 g/mol. The molecule has 102 valence electrons. The van der Waals surface area contributed by atoms with E-state index >= 15 is 0 Å². The molecule has 1 aromatic rings. The average Bonchev–Trinajstić information content (AvgIpc) is 2.82. The molecule has 19 heavy (non-hydrogen) atoms. The average molecular weight is 261 g/mol. The summed E-state index contributed by atoms with van der Waals surface area (Å²) in [6.45, 7) is 6.61. The van der Waals surface area contributed by atoms with Gasteiger partial charge in [0.2, 0.25) is 11.8 Å². The van der Waals surface area contributed by atoms with Crippen molar-refractivity contribution < 1.29 is 9.47 Å². The molecular formula is C14H19N3O2. The van der Waals surface area contributed by atoms with E-state index in [9.17, 15) is 0 Å². The van der Waals surface area contributed by atoms with E-state index in [-0.39, 0.29) is 12.1 Å². The van der Waals surface area contributed by atoms with Crippen LogP contribution in [0.15, 0.2) is 28.2 Å². The van der Waals surface area contributed by atoms with Crippen molar-refractivity contribution in [2.75, 3.05) is 13.7 Å². The van der Waals surface area contributed by atoms with Crippen LogP contribution in [-0.4, -0.2) is 42.6 Å². The minimum atomic E-state index is 0.153. The van der Waals surface area contributed by atoms with Gasteiger partial charge < -0.3 is 9.47 Å². The molecule has 1 atom stereocenters. The topological polar surface area (TPSA) is 56.1 Å². The maximum Gasteiger partial charge on any atom is 0.235 e. The highest BCUT2D eigenvalue weighted by Crippen LogP contribution is 2.11. The van der Waals surface area contributed by atoms with Gasteiger partial charge in [0.05, 0.1) is 13.2 Å². The van der Waals surface area contributed by atoms with Crippen LogP contribution in [0.25, 0.3) is 0 Å². The Morgan fingerprint density at radius 3 is 2.84 bits per heavy atom. The molecule has 5 heteroatoms. The van der Waals surface area contributed by atoms with E-state index in [1.807, 2.05) is 39.0 Å². The molecule has 0 fully saturated rings. The van der Waals surface area contributed by atoms with E-state index in [0.717, 1.165) is 5.69 Å². The molecule has 0 aromatic carbocycles. The van der Waals surface area contributed by atoms with Crippen molar-refractivity contribution in [1.82, 2.24) is 4.98 Å². The van der Waals surface area contributed by atoms with Crippen LogP contribution in [0, 0.1) is 0 Å². The number of aromatic nitrogens is 1. The quantitative estimate of drug-likeness (QED) is 0.618. The largest absolute Gasteiger partial charge is 0.480 e. The van der Waals surface area contributed by atoms with Gasteiger partial charge >= 0.3 is 0 Å². The Kier molecular flexibility index (Phi) is 4.14. The van der Waals surface area contributed by atoms with Gasteiger partial charge in [-0.25, -0.2) is 15.0 Å². The maximum absolute atomic E-state index is 5.51. The van der Waals surface area contributed by atoms with Gasteiger partial charge in [0.15, 0.2) is 0 Å². The van der Waals surface area contributed by atoms with Gasteiger partial charge in [-0.15, -0.1) is 0 Å². The van der Waals surface area contributed by atoms with Crippen LogP contribution in [0.2, 0.25) is 0 Å². The maximum atomic E-state index is 5.51. The molecule has 1 aliphatic heterocycles. The van der Waals surface area contributed by atoms with Gasteiger partial charge in [0, 0.05) is 6.04 Å². The summed E-state index contributed by atoms with van der Waals surface area (Å²) in [5.74, 6) is 1.12. The molecular weight excluding hydrogens is 242 g/mol. The van der Waals surface area contributed by atoms with Gasteiger partial charge in [-0.2, -0.15) is 0 Å². The predicted octanol–water partition coefficient (Wildman–Crippen LogP) is 2.05. The molecule has 1 aliphatic rings. The smallest absolute Gasteiger partial charge is 0.235 e. The number of methoxy groups -OCH3 is 1. The van der Waals surface area contributed by atoms with Crippen molar-refractivity contribution in [3.05, 3.63) is 29.6 Å². The Bertz CT molecular complexity index is 509. The first-order chi connectivity index (χ1) is 9.10. The SMILES string of the molecule is COC(=NC(C)C)c1cccc(C2=NC(C)CO2)n1. The highest BCUT2D eigenvalue weighted by atomic mass is 16.5. The highest BCUT2D eigenvalue weighted by Gasteiger charge is 2.18. The third-order valence-electron chi connectivity index (χ3n) is 2.56. The van der Waals surface area contributed by atoms with Crippen LogP contribution in [0.4, 0.5) is 0 Å². The van der Waals surface area contributed by atoms with Gasteiger partial charge in [-0.3, -0.25) is 0 Å². The van der Waals surface area contributed by atoms with Crippen LogP contribution < -0.4 is 0 Å². The summed E-state index contributed by atoms with van der Waals surface area (Å²) >= 11 is 0. The fraction of sp³-hybridized carbons (Fsp3) is 0.500. The van der Waals surface area contributed by atoms with E-state index in [2.05, 4.69) is 15.0 Å². The third kappa shape index (κ3) is 3.30. The predicted molar refractivity (Wildman–Crippen MR) is 74.9 cm³/mol. The summed E-state index contributed by atoms with van der Waals surface area (Å²) < 4.78 is 10.8. The van der Waals surface area contributed by atoms with Gasteiger partial charge in [0.1, 0.15) is 18.0 Å².